The highest BCUT2D eigenvalue weighted by Gasteiger charge is 2.56. The van der Waals surface area contributed by atoms with Crippen LogP contribution in [-0.2, 0) is 0 Å². The van der Waals surface area contributed by atoms with E-state index in [1.54, 1.807) is 0 Å². The van der Waals surface area contributed by atoms with Crippen LogP contribution in [0.1, 0.15) is 20.8 Å². The average molecular weight is 217 g/mol. The van der Waals surface area contributed by atoms with Gasteiger partial charge in [0.05, 0.1) is 12.5 Å². The lowest BCUT2D eigenvalue weighted by atomic mass is 10.0. The standard InChI is InChI=1S/C10H20N2O3/c1-10(2,3)12(9(14)15)5-7(4-11)8(13)6-12/h7-8,13H,4-6,11H2,1-3H3/p+1/t7-,8?,12+/m0/s1. The summed E-state index contributed by atoms with van der Waals surface area (Å²) in [5, 5.41) is 19.1. The first-order valence-electron chi connectivity index (χ1n) is 5.23. The molecule has 4 N–H and O–H groups in total. The Balaban J connectivity index is 3.02. The van der Waals surface area contributed by atoms with Gasteiger partial charge >= 0.3 is 6.09 Å². The van der Waals surface area contributed by atoms with Gasteiger partial charge in [0.2, 0.25) is 0 Å². The highest BCUT2D eigenvalue weighted by molar-refractivity contribution is 5.57. The summed E-state index contributed by atoms with van der Waals surface area (Å²) in [6, 6.07) is 0. The normalized spacial score (nSPS) is 36.9. The van der Waals surface area contributed by atoms with E-state index < -0.39 is 17.7 Å². The number of amides is 1. The zero-order valence-corrected chi connectivity index (χ0v) is 9.60. The van der Waals surface area contributed by atoms with Crippen molar-refractivity contribution in [2.75, 3.05) is 19.6 Å². The van der Waals surface area contributed by atoms with Crippen molar-refractivity contribution in [1.29, 1.82) is 0 Å². The molecule has 1 fully saturated rings. The smallest absolute Gasteiger partial charge is 0.435 e. The molecule has 5 heteroatoms. The third-order valence-electron chi connectivity index (χ3n) is 3.54. The molecule has 0 aliphatic carbocycles. The first kappa shape index (κ1) is 12.4. The summed E-state index contributed by atoms with van der Waals surface area (Å²) in [5.41, 5.74) is 5.11. The predicted molar refractivity (Wildman–Crippen MR) is 56.3 cm³/mol. The minimum absolute atomic E-state index is 0.101. The van der Waals surface area contributed by atoms with Crippen LogP contribution in [0.4, 0.5) is 4.79 Å². The van der Waals surface area contributed by atoms with Crippen molar-refractivity contribution in [3.8, 4) is 0 Å². The molecule has 1 rings (SSSR count). The molecule has 1 saturated heterocycles. The van der Waals surface area contributed by atoms with Gasteiger partial charge in [-0.05, 0) is 20.8 Å². The van der Waals surface area contributed by atoms with Crippen LogP contribution in [0.25, 0.3) is 0 Å². The summed E-state index contributed by atoms with van der Waals surface area (Å²) in [6.45, 7) is 6.65. The van der Waals surface area contributed by atoms with Gasteiger partial charge in [-0.2, -0.15) is 4.79 Å². The van der Waals surface area contributed by atoms with Crippen molar-refractivity contribution in [3.63, 3.8) is 0 Å². The molecule has 15 heavy (non-hydrogen) atoms. The molecule has 1 unspecified atom stereocenters. The summed E-state index contributed by atoms with van der Waals surface area (Å²) < 4.78 is -0.101. The van der Waals surface area contributed by atoms with Gasteiger partial charge in [0.15, 0.2) is 0 Å². The van der Waals surface area contributed by atoms with Gasteiger partial charge in [-0.3, -0.25) is 0 Å². The molecule has 0 saturated carbocycles. The number of carbonyl (C=O) groups is 1. The Morgan fingerprint density at radius 1 is 1.47 bits per heavy atom. The van der Waals surface area contributed by atoms with Gasteiger partial charge in [0.25, 0.3) is 0 Å². The zero-order valence-electron chi connectivity index (χ0n) is 9.60. The number of rotatable bonds is 1. The summed E-state index contributed by atoms with van der Waals surface area (Å²) in [7, 11) is 0. The van der Waals surface area contributed by atoms with Crippen molar-refractivity contribution in [2.45, 2.75) is 32.4 Å². The molecule has 0 spiro atoms. The van der Waals surface area contributed by atoms with E-state index >= 15 is 0 Å². The third-order valence-corrected chi connectivity index (χ3v) is 3.54. The van der Waals surface area contributed by atoms with Crippen LogP contribution in [0.2, 0.25) is 0 Å². The second-order valence-corrected chi connectivity index (χ2v) is 5.35. The van der Waals surface area contributed by atoms with Gasteiger partial charge in [-0.15, -0.1) is 0 Å². The molecule has 0 aromatic heterocycles. The molecular formula is C10H21N2O3+. The molecule has 3 atom stereocenters. The molecule has 0 aromatic carbocycles. The third kappa shape index (κ3) is 1.87. The maximum atomic E-state index is 11.4. The number of likely N-dealkylation sites (tertiary alicyclic amines) is 1. The highest BCUT2D eigenvalue weighted by Crippen LogP contribution is 2.34. The minimum atomic E-state index is -0.877. The van der Waals surface area contributed by atoms with E-state index in [4.69, 9.17) is 5.73 Å². The highest BCUT2D eigenvalue weighted by atomic mass is 16.4. The van der Waals surface area contributed by atoms with Gasteiger partial charge in [0, 0.05) is 6.54 Å². The molecule has 1 heterocycles. The molecule has 1 amide bonds. The van der Waals surface area contributed by atoms with Gasteiger partial charge in [0.1, 0.15) is 18.2 Å². The van der Waals surface area contributed by atoms with E-state index in [2.05, 4.69) is 0 Å². The summed E-state index contributed by atoms with van der Waals surface area (Å²) in [6.07, 6.45) is -1.48. The lowest BCUT2D eigenvalue weighted by molar-refractivity contribution is -0.894. The van der Waals surface area contributed by atoms with Crippen LogP contribution in [0, 0.1) is 5.92 Å². The fourth-order valence-electron chi connectivity index (χ4n) is 2.29. The topological polar surface area (TPSA) is 83.5 Å². The average Bonchev–Trinajstić information content (AvgIpc) is 2.42. The quantitative estimate of drug-likeness (QED) is 0.549. The van der Waals surface area contributed by atoms with Crippen molar-refractivity contribution in [3.05, 3.63) is 0 Å². The number of hydrogen-bond donors (Lipinski definition) is 3. The number of aliphatic hydroxyl groups excluding tert-OH is 1. The predicted octanol–water partition coefficient (Wildman–Crippen LogP) is 0.229. The minimum Gasteiger partial charge on any atom is -0.435 e. The van der Waals surface area contributed by atoms with Crippen molar-refractivity contribution in [1.82, 2.24) is 0 Å². The molecule has 0 aromatic rings. The van der Waals surface area contributed by atoms with E-state index in [1.165, 1.54) is 0 Å². The van der Waals surface area contributed by atoms with Crippen LogP contribution in [0.15, 0.2) is 0 Å². The second kappa shape index (κ2) is 3.73. The maximum absolute atomic E-state index is 11.4. The Labute approximate surface area is 90.1 Å². The Morgan fingerprint density at radius 3 is 2.20 bits per heavy atom. The first-order valence-corrected chi connectivity index (χ1v) is 5.23. The fraction of sp³-hybridized carbons (Fsp3) is 0.900. The molecule has 88 valence electrons. The zero-order chi connectivity index (χ0) is 11.9. The van der Waals surface area contributed by atoms with Crippen LogP contribution in [0.3, 0.4) is 0 Å². The molecular weight excluding hydrogens is 196 g/mol. The Kier molecular flexibility index (Phi) is 3.09. The molecule has 0 bridgehead atoms. The largest absolute Gasteiger partial charge is 0.514 e. The van der Waals surface area contributed by atoms with E-state index in [9.17, 15) is 15.0 Å². The molecule has 5 nitrogen and oxygen atoms in total. The Morgan fingerprint density at radius 2 is 2.00 bits per heavy atom. The van der Waals surface area contributed by atoms with Crippen LogP contribution < -0.4 is 5.73 Å². The van der Waals surface area contributed by atoms with E-state index in [0.717, 1.165) is 0 Å². The van der Waals surface area contributed by atoms with Crippen LogP contribution >= 0.6 is 0 Å². The van der Waals surface area contributed by atoms with Crippen molar-refractivity contribution in [2.24, 2.45) is 11.7 Å². The van der Waals surface area contributed by atoms with Gasteiger partial charge in [-0.25, -0.2) is 4.48 Å². The maximum Gasteiger partial charge on any atom is 0.514 e. The Hall–Kier alpha value is -0.650. The molecule has 1 aliphatic rings. The number of carboxylic acid groups (broad SMARTS) is 1. The molecule has 1 aliphatic heterocycles. The van der Waals surface area contributed by atoms with E-state index in [-0.39, 0.29) is 16.9 Å². The number of hydrogen-bond acceptors (Lipinski definition) is 3. The van der Waals surface area contributed by atoms with Gasteiger partial charge < -0.3 is 15.9 Å². The number of aliphatic hydroxyl groups is 1. The Bertz CT molecular complexity index is 262. The van der Waals surface area contributed by atoms with E-state index in [0.29, 0.717) is 13.1 Å². The SMILES string of the molecule is CC(C)(C)[N@@+]1(C(=O)O)CC(O)[C@@H](CN)C1. The van der Waals surface area contributed by atoms with E-state index in [1.807, 2.05) is 20.8 Å². The monoisotopic (exact) mass is 217 g/mol. The molecule has 0 radical (unpaired) electrons. The fourth-order valence-corrected chi connectivity index (χ4v) is 2.29. The van der Waals surface area contributed by atoms with Crippen LogP contribution in [-0.4, -0.2) is 52.1 Å². The lowest BCUT2D eigenvalue weighted by Crippen LogP contribution is -2.62. The number of nitrogens with two attached hydrogens (primary N) is 1. The lowest BCUT2D eigenvalue weighted by Gasteiger charge is -2.40. The number of nitrogens with zero attached hydrogens (tertiary/aromatic N) is 1. The number of quaternary nitrogens is 1. The summed E-state index contributed by atoms with van der Waals surface area (Å²) in [5.74, 6) is -0.111. The van der Waals surface area contributed by atoms with Crippen molar-refractivity contribution >= 4 is 6.09 Å². The summed E-state index contributed by atoms with van der Waals surface area (Å²) >= 11 is 0. The van der Waals surface area contributed by atoms with Crippen molar-refractivity contribution < 1.29 is 19.5 Å². The summed E-state index contributed by atoms with van der Waals surface area (Å²) in [4.78, 5) is 11.4. The first-order chi connectivity index (χ1) is 6.74. The van der Waals surface area contributed by atoms with Crippen LogP contribution in [0.5, 0.6) is 0 Å². The second-order valence-electron chi connectivity index (χ2n) is 5.35. The van der Waals surface area contributed by atoms with Gasteiger partial charge in [-0.1, -0.05) is 0 Å².